The second-order valence-corrected chi connectivity index (χ2v) is 5.29. The van der Waals surface area contributed by atoms with E-state index >= 15 is 0 Å². The van der Waals surface area contributed by atoms with Crippen LogP contribution in [0.2, 0.25) is 5.02 Å². The highest BCUT2D eigenvalue weighted by molar-refractivity contribution is 6.32. The van der Waals surface area contributed by atoms with Crippen LogP contribution in [0.1, 0.15) is 29.7 Å². The third kappa shape index (κ3) is 2.62. The lowest BCUT2D eigenvalue weighted by molar-refractivity contribution is 0.447. The van der Waals surface area contributed by atoms with E-state index < -0.39 is 0 Å². The van der Waals surface area contributed by atoms with E-state index in [2.05, 4.69) is 9.97 Å². The maximum absolute atomic E-state index is 6.22. The number of nitrogens with two attached hydrogens (primary N) is 1. The number of benzene rings is 1. The summed E-state index contributed by atoms with van der Waals surface area (Å²) < 4.78 is 5.88. The van der Waals surface area contributed by atoms with Gasteiger partial charge in [0.1, 0.15) is 12.1 Å². The van der Waals surface area contributed by atoms with E-state index in [4.69, 9.17) is 22.1 Å². The molecule has 104 valence electrons. The number of ether oxygens (including phenoxy) is 1. The SMILES string of the molecule is NCc1ccc(Oc2ncnc3c2CCCC3)c(Cl)c1. The molecule has 0 aliphatic heterocycles. The van der Waals surface area contributed by atoms with Crippen LogP contribution in [0, 0.1) is 0 Å². The van der Waals surface area contributed by atoms with Crippen LogP contribution < -0.4 is 10.5 Å². The van der Waals surface area contributed by atoms with E-state index in [0.717, 1.165) is 36.1 Å². The van der Waals surface area contributed by atoms with Gasteiger partial charge in [-0.25, -0.2) is 9.97 Å². The van der Waals surface area contributed by atoms with E-state index in [1.807, 2.05) is 18.2 Å². The molecular weight excluding hydrogens is 274 g/mol. The highest BCUT2D eigenvalue weighted by atomic mass is 35.5. The molecule has 0 amide bonds. The number of rotatable bonds is 3. The fourth-order valence-electron chi connectivity index (χ4n) is 2.44. The van der Waals surface area contributed by atoms with Crippen molar-refractivity contribution in [2.24, 2.45) is 5.73 Å². The molecule has 0 spiro atoms. The Kier molecular flexibility index (Phi) is 3.85. The quantitative estimate of drug-likeness (QED) is 0.942. The molecule has 3 rings (SSSR count). The van der Waals surface area contributed by atoms with Gasteiger partial charge in [-0.1, -0.05) is 17.7 Å². The van der Waals surface area contributed by atoms with Crippen LogP contribution in [0.4, 0.5) is 0 Å². The van der Waals surface area contributed by atoms with Crippen molar-refractivity contribution in [1.29, 1.82) is 0 Å². The van der Waals surface area contributed by atoms with Gasteiger partial charge in [-0.05, 0) is 43.4 Å². The van der Waals surface area contributed by atoms with E-state index in [1.54, 1.807) is 6.33 Å². The third-order valence-electron chi connectivity index (χ3n) is 3.52. The van der Waals surface area contributed by atoms with Crippen LogP contribution >= 0.6 is 11.6 Å². The van der Waals surface area contributed by atoms with Gasteiger partial charge >= 0.3 is 0 Å². The molecule has 20 heavy (non-hydrogen) atoms. The molecule has 1 aliphatic carbocycles. The Hall–Kier alpha value is -1.65. The smallest absolute Gasteiger partial charge is 0.225 e. The minimum absolute atomic E-state index is 0.461. The molecule has 1 aliphatic rings. The lowest BCUT2D eigenvalue weighted by atomic mass is 9.97. The molecule has 0 atom stereocenters. The lowest BCUT2D eigenvalue weighted by Gasteiger charge is -2.17. The van der Waals surface area contributed by atoms with E-state index in [-0.39, 0.29) is 0 Å². The lowest BCUT2D eigenvalue weighted by Crippen LogP contribution is -2.08. The second-order valence-electron chi connectivity index (χ2n) is 4.88. The van der Waals surface area contributed by atoms with Gasteiger partial charge in [0, 0.05) is 12.1 Å². The summed E-state index contributed by atoms with van der Waals surface area (Å²) in [6, 6.07) is 5.57. The average Bonchev–Trinajstić information content (AvgIpc) is 2.49. The van der Waals surface area contributed by atoms with Gasteiger partial charge in [-0.15, -0.1) is 0 Å². The molecule has 4 nitrogen and oxygen atoms in total. The average molecular weight is 290 g/mol. The Morgan fingerprint density at radius 1 is 1.20 bits per heavy atom. The maximum atomic E-state index is 6.22. The molecule has 0 saturated heterocycles. The molecule has 0 radical (unpaired) electrons. The zero-order valence-electron chi connectivity index (χ0n) is 11.1. The first-order chi connectivity index (χ1) is 9.78. The minimum atomic E-state index is 0.461. The third-order valence-corrected chi connectivity index (χ3v) is 3.82. The zero-order valence-corrected chi connectivity index (χ0v) is 11.9. The number of nitrogens with zero attached hydrogens (tertiary/aromatic N) is 2. The second kappa shape index (κ2) is 5.77. The van der Waals surface area contributed by atoms with Crippen molar-refractivity contribution in [3.63, 3.8) is 0 Å². The molecule has 0 unspecified atom stereocenters. The van der Waals surface area contributed by atoms with Crippen LogP contribution in [-0.2, 0) is 19.4 Å². The van der Waals surface area contributed by atoms with Crippen molar-refractivity contribution in [3.05, 3.63) is 46.4 Å². The van der Waals surface area contributed by atoms with Gasteiger partial charge in [0.2, 0.25) is 5.88 Å². The predicted octanol–water partition coefficient (Wildman–Crippen LogP) is 3.26. The Bertz CT molecular complexity index is 631. The van der Waals surface area contributed by atoms with E-state index in [1.165, 1.54) is 6.42 Å². The van der Waals surface area contributed by atoms with Crippen molar-refractivity contribution in [3.8, 4) is 11.6 Å². The Balaban J connectivity index is 1.92. The molecule has 2 aromatic rings. The van der Waals surface area contributed by atoms with Gasteiger partial charge < -0.3 is 10.5 Å². The number of fused-ring (bicyclic) bond motifs is 1. The zero-order chi connectivity index (χ0) is 13.9. The van der Waals surface area contributed by atoms with Crippen LogP contribution in [0.5, 0.6) is 11.6 Å². The fraction of sp³-hybridized carbons (Fsp3) is 0.333. The summed E-state index contributed by atoms with van der Waals surface area (Å²) in [7, 11) is 0. The van der Waals surface area contributed by atoms with E-state index in [0.29, 0.717) is 23.2 Å². The number of halogens is 1. The number of hydrogen-bond acceptors (Lipinski definition) is 4. The Morgan fingerprint density at radius 3 is 2.85 bits per heavy atom. The highest BCUT2D eigenvalue weighted by Gasteiger charge is 2.17. The summed E-state index contributed by atoms with van der Waals surface area (Å²) in [4.78, 5) is 8.59. The summed E-state index contributed by atoms with van der Waals surface area (Å²) in [5, 5.41) is 0.552. The van der Waals surface area contributed by atoms with Crippen molar-refractivity contribution in [2.75, 3.05) is 0 Å². The molecule has 1 aromatic heterocycles. The van der Waals surface area contributed by atoms with Gasteiger partial charge in [-0.2, -0.15) is 0 Å². The summed E-state index contributed by atoms with van der Waals surface area (Å²) in [5.41, 5.74) is 8.77. The minimum Gasteiger partial charge on any atom is -0.437 e. The van der Waals surface area contributed by atoms with Crippen LogP contribution in [-0.4, -0.2) is 9.97 Å². The fourth-order valence-corrected chi connectivity index (χ4v) is 2.68. The van der Waals surface area contributed by atoms with Crippen molar-refractivity contribution >= 4 is 11.6 Å². The van der Waals surface area contributed by atoms with Crippen molar-refractivity contribution in [2.45, 2.75) is 32.2 Å². The molecule has 2 N–H and O–H groups in total. The maximum Gasteiger partial charge on any atom is 0.225 e. The predicted molar refractivity (Wildman–Crippen MR) is 78.1 cm³/mol. The van der Waals surface area contributed by atoms with E-state index in [9.17, 15) is 0 Å². The molecule has 0 bridgehead atoms. The van der Waals surface area contributed by atoms with Crippen molar-refractivity contribution < 1.29 is 4.74 Å². The normalized spacial score (nSPS) is 13.9. The van der Waals surface area contributed by atoms with Gasteiger partial charge in [-0.3, -0.25) is 0 Å². The Labute approximate surface area is 123 Å². The molecule has 5 heteroatoms. The van der Waals surface area contributed by atoms with Crippen molar-refractivity contribution in [1.82, 2.24) is 9.97 Å². The summed E-state index contributed by atoms with van der Waals surface area (Å²) in [6.45, 7) is 0.461. The molecule has 0 fully saturated rings. The van der Waals surface area contributed by atoms with Crippen LogP contribution in [0.3, 0.4) is 0 Å². The summed E-state index contributed by atoms with van der Waals surface area (Å²) in [6.07, 6.45) is 5.84. The number of aromatic nitrogens is 2. The Morgan fingerprint density at radius 2 is 2.05 bits per heavy atom. The topological polar surface area (TPSA) is 61.0 Å². The monoisotopic (exact) mass is 289 g/mol. The first-order valence-corrected chi connectivity index (χ1v) is 7.15. The first kappa shape index (κ1) is 13.3. The largest absolute Gasteiger partial charge is 0.437 e. The number of aryl methyl sites for hydroxylation is 1. The highest BCUT2D eigenvalue weighted by Crippen LogP contribution is 2.33. The molecular formula is C15H16ClN3O. The molecule has 0 saturated carbocycles. The first-order valence-electron chi connectivity index (χ1n) is 6.77. The summed E-state index contributed by atoms with van der Waals surface area (Å²) >= 11 is 6.22. The molecule has 1 aromatic carbocycles. The van der Waals surface area contributed by atoms with Gasteiger partial charge in [0.05, 0.1) is 10.7 Å². The van der Waals surface area contributed by atoms with Gasteiger partial charge in [0.15, 0.2) is 0 Å². The summed E-state index contributed by atoms with van der Waals surface area (Å²) in [5.74, 6) is 1.23. The van der Waals surface area contributed by atoms with Crippen LogP contribution in [0.15, 0.2) is 24.5 Å². The van der Waals surface area contributed by atoms with Crippen LogP contribution in [0.25, 0.3) is 0 Å². The molecule has 1 heterocycles. The number of hydrogen-bond donors (Lipinski definition) is 1. The standard InChI is InChI=1S/C15H16ClN3O/c16-12-7-10(8-17)5-6-14(12)20-15-11-3-1-2-4-13(11)18-9-19-15/h5-7,9H,1-4,8,17H2. The van der Waals surface area contributed by atoms with Gasteiger partial charge in [0.25, 0.3) is 0 Å².